The second-order valence-corrected chi connectivity index (χ2v) is 6.17. The van der Waals surface area contributed by atoms with Crippen LogP contribution in [0.4, 0.5) is 0 Å². The third kappa shape index (κ3) is 3.20. The summed E-state index contributed by atoms with van der Waals surface area (Å²) in [5.74, 6) is -0.0352. The van der Waals surface area contributed by atoms with E-state index in [1.807, 2.05) is 32.9 Å². The standard InChI is InChI=1S/C11H17ClN2OS/c1-7(8-4-5-9(12)16-8)14-10(15)11(2,3)6-13/h4-5,7H,6,13H2,1-3H3,(H,14,15). The molecule has 3 nitrogen and oxygen atoms in total. The van der Waals surface area contributed by atoms with Gasteiger partial charge in [-0.1, -0.05) is 11.6 Å². The van der Waals surface area contributed by atoms with Crippen molar-refractivity contribution in [2.45, 2.75) is 26.8 Å². The van der Waals surface area contributed by atoms with E-state index in [9.17, 15) is 4.79 Å². The molecule has 5 heteroatoms. The summed E-state index contributed by atoms with van der Waals surface area (Å²) in [6.07, 6.45) is 0. The monoisotopic (exact) mass is 260 g/mol. The van der Waals surface area contributed by atoms with Gasteiger partial charge in [0.2, 0.25) is 5.91 Å². The lowest BCUT2D eigenvalue weighted by Gasteiger charge is -2.23. The van der Waals surface area contributed by atoms with Gasteiger partial charge in [-0.15, -0.1) is 11.3 Å². The van der Waals surface area contributed by atoms with Crippen molar-refractivity contribution in [2.75, 3.05) is 6.54 Å². The smallest absolute Gasteiger partial charge is 0.227 e. The summed E-state index contributed by atoms with van der Waals surface area (Å²) in [6.45, 7) is 5.93. The van der Waals surface area contributed by atoms with E-state index in [-0.39, 0.29) is 11.9 Å². The fraction of sp³-hybridized carbons (Fsp3) is 0.545. The molecule has 3 N–H and O–H groups in total. The lowest BCUT2D eigenvalue weighted by molar-refractivity contribution is -0.129. The summed E-state index contributed by atoms with van der Waals surface area (Å²) in [4.78, 5) is 12.9. The van der Waals surface area contributed by atoms with Crippen LogP contribution in [0.15, 0.2) is 12.1 Å². The Morgan fingerprint density at radius 2 is 2.25 bits per heavy atom. The molecule has 1 amide bonds. The molecule has 1 aromatic rings. The number of halogens is 1. The van der Waals surface area contributed by atoms with Crippen LogP contribution in [-0.2, 0) is 4.79 Å². The summed E-state index contributed by atoms with van der Waals surface area (Å²) in [5.41, 5.74) is 5.01. The van der Waals surface area contributed by atoms with Crippen LogP contribution in [0.1, 0.15) is 31.7 Å². The average Bonchev–Trinajstić information content (AvgIpc) is 2.64. The Kier molecular flexibility index (Phi) is 4.35. The van der Waals surface area contributed by atoms with Gasteiger partial charge in [-0.2, -0.15) is 0 Å². The first-order chi connectivity index (χ1) is 7.36. The molecule has 1 unspecified atom stereocenters. The fourth-order valence-corrected chi connectivity index (χ4v) is 2.18. The minimum atomic E-state index is -0.532. The Labute approximate surface area is 105 Å². The van der Waals surface area contributed by atoms with Gasteiger partial charge in [0.15, 0.2) is 0 Å². The number of thiophene rings is 1. The first-order valence-corrected chi connectivity index (χ1v) is 6.32. The molecule has 16 heavy (non-hydrogen) atoms. The Morgan fingerprint density at radius 1 is 1.62 bits per heavy atom. The fourth-order valence-electron chi connectivity index (χ4n) is 1.12. The predicted octanol–water partition coefficient (Wildman–Crippen LogP) is 2.56. The Balaban J connectivity index is 2.65. The van der Waals surface area contributed by atoms with Gasteiger partial charge in [0, 0.05) is 11.4 Å². The molecule has 0 saturated heterocycles. The number of hydrogen-bond donors (Lipinski definition) is 2. The minimum Gasteiger partial charge on any atom is -0.348 e. The molecule has 1 atom stereocenters. The van der Waals surface area contributed by atoms with Crippen LogP contribution in [-0.4, -0.2) is 12.5 Å². The number of nitrogens with two attached hydrogens (primary N) is 1. The predicted molar refractivity (Wildman–Crippen MR) is 68.7 cm³/mol. The van der Waals surface area contributed by atoms with E-state index in [1.165, 1.54) is 11.3 Å². The van der Waals surface area contributed by atoms with Crippen LogP contribution in [0.25, 0.3) is 0 Å². The van der Waals surface area contributed by atoms with Crippen molar-refractivity contribution in [3.63, 3.8) is 0 Å². The van der Waals surface area contributed by atoms with Gasteiger partial charge < -0.3 is 11.1 Å². The van der Waals surface area contributed by atoms with E-state index >= 15 is 0 Å². The highest BCUT2D eigenvalue weighted by Crippen LogP contribution is 2.27. The molecule has 0 aliphatic rings. The van der Waals surface area contributed by atoms with E-state index in [0.29, 0.717) is 6.54 Å². The molecule has 0 aliphatic heterocycles. The van der Waals surface area contributed by atoms with E-state index in [1.54, 1.807) is 0 Å². The first kappa shape index (κ1) is 13.5. The van der Waals surface area contributed by atoms with E-state index in [0.717, 1.165) is 9.21 Å². The van der Waals surface area contributed by atoms with Gasteiger partial charge in [0.25, 0.3) is 0 Å². The van der Waals surface area contributed by atoms with Crippen molar-refractivity contribution < 1.29 is 4.79 Å². The van der Waals surface area contributed by atoms with Crippen molar-refractivity contribution in [2.24, 2.45) is 11.1 Å². The highest BCUT2D eigenvalue weighted by Gasteiger charge is 2.27. The van der Waals surface area contributed by atoms with Crippen molar-refractivity contribution in [1.29, 1.82) is 0 Å². The molecule has 0 saturated carbocycles. The topological polar surface area (TPSA) is 55.1 Å². The van der Waals surface area contributed by atoms with Crippen LogP contribution < -0.4 is 11.1 Å². The molecule has 0 spiro atoms. The maximum absolute atomic E-state index is 11.9. The lowest BCUT2D eigenvalue weighted by Crippen LogP contribution is -2.42. The minimum absolute atomic E-state index is 0.0316. The quantitative estimate of drug-likeness (QED) is 0.874. The molecule has 90 valence electrons. The third-order valence-electron chi connectivity index (χ3n) is 2.49. The number of hydrogen-bond acceptors (Lipinski definition) is 3. The second-order valence-electron chi connectivity index (χ2n) is 4.43. The molecular formula is C11H17ClN2OS. The summed E-state index contributed by atoms with van der Waals surface area (Å²) in [7, 11) is 0. The molecule has 1 rings (SSSR count). The summed E-state index contributed by atoms with van der Waals surface area (Å²) < 4.78 is 0.731. The molecule has 0 aromatic carbocycles. The van der Waals surface area contributed by atoms with Crippen molar-refractivity contribution in [3.05, 3.63) is 21.3 Å². The van der Waals surface area contributed by atoms with E-state index in [4.69, 9.17) is 17.3 Å². The maximum atomic E-state index is 11.9. The zero-order valence-electron chi connectivity index (χ0n) is 9.71. The molecule has 1 aromatic heterocycles. The Bertz CT molecular complexity index is 376. The highest BCUT2D eigenvalue weighted by atomic mass is 35.5. The zero-order valence-corrected chi connectivity index (χ0v) is 11.3. The Hall–Kier alpha value is -0.580. The third-order valence-corrected chi connectivity index (χ3v) is 3.91. The van der Waals surface area contributed by atoms with Crippen LogP contribution in [0.2, 0.25) is 4.34 Å². The highest BCUT2D eigenvalue weighted by molar-refractivity contribution is 7.16. The van der Waals surface area contributed by atoms with Crippen molar-refractivity contribution in [1.82, 2.24) is 5.32 Å². The number of carbonyl (C=O) groups excluding carboxylic acids is 1. The lowest BCUT2D eigenvalue weighted by atomic mass is 9.92. The maximum Gasteiger partial charge on any atom is 0.227 e. The number of carbonyl (C=O) groups is 1. The average molecular weight is 261 g/mol. The van der Waals surface area contributed by atoms with Crippen molar-refractivity contribution in [3.8, 4) is 0 Å². The van der Waals surface area contributed by atoms with Crippen LogP contribution in [0, 0.1) is 5.41 Å². The van der Waals surface area contributed by atoms with Gasteiger partial charge in [-0.25, -0.2) is 0 Å². The molecule has 1 heterocycles. The van der Waals surface area contributed by atoms with Gasteiger partial charge >= 0.3 is 0 Å². The number of nitrogens with one attached hydrogen (secondary N) is 1. The molecule has 0 radical (unpaired) electrons. The van der Waals surface area contributed by atoms with Crippen LogP contribution in [0.5, 0.6) is 0 Å². The van der Waals surface area contributed by atoms with Crippen LogP contribution in [0.3, 0.4) is 0 Å². The molecular weight excluding hydrogens is 244 g/mol. The summed E-state index contributed by atoms with van der Waals surface area (Å²) in [5, 5.41) is 2.93. The first-order valence-electron chi connectivity index (χ1n) is 5.13. The normalized spacial score (nSPS) is 13.6. The number of rotatable bonds is 4. The Morgan fingerprint density at radius 3 is 2.69 bits per heavy atom. The van der Waals surface area contributed by atoms with Gasteiger partial charge in [-0.3, -0.25) is 4.79 Å². The largest absolute Gasteiger partial charge is 0.348 e. The zero-order chi connectivity index (χ0) is 12.3. The van der Waals surface area contributed by atoms with E-state index < -0.39 is 5.41 Å². The second kappa shape index (κ2) is 5.17. The van der Waals surface area contributed by atoms with Gasteiger partial charge in [-0.05, 0) is 32.9 Å². The molecule has 0 fully saturated rings. The SMILES string of the molecule is CC(NC(=O)C(C)(C)CN)c1ccc(Cl)s1. The van der Waals surface area contributed by atoms with Gasteiger partial charge in [0.05, 0.1) is 15.8 Å². The van der Waals surface area contributed by atoms with E-state index in [2.05, 4.69) is 5.32 Å². The molecule has 0 aliphatic carbocycles. The summed E-state index contributed by atoms with van der Waals surface area (Å²) >= 11 is 7.32. The summed E-state index contributed by atoms with van der Waals surface area (Å²) in [6, 6.07) is 3.72. The van der Waals surface area contributed by atoms with Crippen molar-refractivity contribution >= 4 is 28.8 Å². The van der Waals surface area contributed by atoms with Gasteiger partial charge in [0.1, 0.15) is 0 Å². The number of amides is 1. The van der Waals surface area contributed by atoms with Crippen LogP contribution >= 0.6 is 22.9 Å². The molecule has 0 bridgehead atoms.